The lowest BCUT2D eigenvalue weighted by atomic mass is 9.87. The second-order valence-electron chi connectivity index (χ2n) is 6.87. The van der Waals surface area contributed by atoms with Gasteiger partial charge in [0.25, 0.3) is 0 Å². The van der Waals surface area contributed by atoms with Crippen LogP contribution in [0.3, 0.4) is 0 Å². The van der Waals surface area contributed by atoms with E-state index in [9.17, 15) is 9.59 Å². The van der Waals surface area contributed by atoms with Crippen molar-refractivity contribution in [3.63, 3.8) is 0 Å². The average Bonchev–Trinajstić information content (AvgIpc) is 2.61. The highest BCUT2D eigenvalue weighted by Crippen LogP contribution is 2.27. The average molecular weight is 388 g/mol. The first-order chi connectivity index (χ1) is 12.7. The van der Waals surface area contributed by atoms with Gasteiger partial charge >= 0.3 is 11.8 Å². The molecule has 27 heavy (non-hydrogen) atoms. The Morgan fingerprint density at radius 3 is 2.33 bits per heavy atom. The maximum absolute atomic E-state index is 12.0. The van der Waals surface area contributed by atoms with Gasteiger partial charge in [-0.25, -0.2) is 5.43 Å². The quantitative estimate of drug-likeness (QED) is 0.476. The third-order valence-corrected chi connectivity index (χ3v) is 4.01. The number of carbonyl (C=O) groups is 2. The lowest BCUT2D eigenvalue weighted by molar-refractivity contribution is -0.136. The zero-order valence-electron chi connectivity index (χ0n) is 15.7. The zero-order chi connectivity index (χ0) is 20.0. The second kappa shape index (κ2) is 8.68. The summed E-state index contributed by atoms with van der Waals surface area (Å²) in [6.07, 6.45) is 1.47. The van der Waals surface area contributed by atoms with Crippen LogP contribution in [0.25, 0.3) is 0 Å². The Bertz CT molecular complexity index is 856. The molecule has 0 atom stereocenters. The minimum absolute atomic E-state index is 0.0589. The summed E-state index contributed by atoms with van der Waals surface area (Å²) in [5.74, 6) is -1.39. The normalized spacial score (nSPS) is 11.3. The molecule has 142 valence electrons. The Kier molecular flexibility index (Phi) is 6.58. The molecule has 0 bridgehead atoms. The number of rotatable bonds is 4. The third kappa shape index (κ3) is 5.82. The summed E-state index contributed by atoms with van der Waals surface area (Å²) < 4.78 is 5.12. The summed E-state index contributed by atoms with van der Waals surface area (Å²) in [5, 5.41) is 6.66. The molecule has 0 aliphatic carbocycles. The number of hydrogen-bond donors (Lipinski definition) is 2. The van der Waals surface area contributed by atoms with Gasteiger partial charge in [-0.15, -0.1) is 0 Å². The van der Waals surface area contributed by atoms with Gasteiger partial charge in [-0.3, -0.25) is 9.59 Å². The highest BCUT2D eigenvalue weighted by atomic mass is 35.5. The second-order valence-corrected chi connectivity index (χ2v) is 7.31. The number of hydrazone groups is 1. The van der Waals surface area contributed by atoms with Crippen molar-refractivity contribution in [1.29, 1.82) is 0 Å². The van der Waals surface area contributed by atoms with Crippen LogP contribution < -0.4 is 15.5 Å². The molecule has 7 heteroatoms. The highest BCUT2D eigenvalue weighted by Gasteiger charge is 2.16. The summed E-state index contributed by atoms with van der Waals surface area (Å²) in [6, 6.07) is 12.5. The number of hydrogen-bond acceptors (Lipinski definition) is 4. The van der Waals surface area contributed by atoms with Crippen LogP contribution in [0.1, 0.15) is 31.9 Å². The number of ether oxygens (including phenoxy) is 1. The van der Waals surface area contributed by atoms with E-state index in [0.29, 0.717) is 16.5 Å². The first kappa shape index (κ1) is 20.5. The van der Waals surface area contributed by atoms with Crippen molar-refractivity contribution in [2.45, 2.75) is 26.2 Å². The molecule has 2 amide bonds. The molecule has 0 aromatic heterocycles. The number of nitrogens with one attached hydrogen (secondary N) is 2. The fraction of sp³-hybridized carbons (Fsp3) is 0.250. The maximum Gasteiger partial charge on any atom is 0.329 e. The van der Waals surface area contributed by atoms with Gasteiger partial charge in [0, 0.05) is 5.02 Å². The predicted molar refractivity (Wildman–Crippen MR) is 108 cm³/mol. The maximum atomic E-state index is 12.0. The zero-order valence-corrected chi connectivity index (χ0v) is 16.4. The number of amides is 2. The van der Waals surface area contributed by atoms with Crippen LogP contribution in [0, 0.1) is 0 Å². The van der Waals surface area contributed by atoms with Crippen molar-refractivity contribution < 1.29 is 14.3 Å². The van der Waals surface area contributed by atoms with Crippen LogP contribution in [-0.2, 0) is 15.0 Å². The molecule has 0 saturated heterocycles. The Balaban J connectivity index is 1.96. The molecule has 2 aromatic rings. The van der Waals surface area contributed by atoms with E-state index in [1.54, 1.807) is 12.1 Å². The van der Waals surface area contributed by atoms with Gasteiger partial charge in [-0.2, -0.15) is 5.10 Å². The summed E-state index contributed by atoms with van der Waals surface area (Å²) in [5.41, 5.74) is 4.55. The van der Waals surface area contributed by atoms with Crippen molar-refractivity contribution in [3.8, 4) is 5.75 Å². The van der Waals surface area contributed by atoms with Gasteiger partial charge in [-0.1, -0.05) is 56.6 Å². The van der Waals surface area contributed by atoms with E-state index in [1.807, 2.05) is 24.3 Å². The van der Waals surface area contributed by atoms with E-state index in [-0.39, 0.29) is 5.41 Å². The Labute approximate surface area is 163 Å². The van der Waals surface area contributed by atoms with Crippen molar-refractivity contribution >= 4 is 35.3 Å². The van der Waals surface area contributed by atoms with Crippen LogP contribution in [0.5, 0.6) is 5.75 Å². The highest BCUT2D eigenvalue weighted by molar-refractivity contribution is 6.40. The standard InChI is InChI=1S/C20H22ClN3O3/c1-20(2,3)14-7-5-13(6-8-14)12-22-24-19(26)18(25)23-16-11-15(21)9-10-17(16)27-4/h5-12H,1-4H3,(H,23,25)(H,24,26)/b22-12-. The molecular formula is C20H22ClN3O3. The molecule has 2 aromatic carbocycles. The lowest BCUT2D eigenvalue weighted by Crippen LogP contribution is -2.32. The molecule has 2 N–H and O–H groups in total. The van der Waals surface area contributed by atoms with Gasteiger partial charge in [0.1, 0.15) is 5.75 Å². The number of nitrogens with zero attached hydrogens (tertiary/aromatic N) is 1. The van der Waals surface area contributed by atoms with Gasteiger partial charge in [0.15, 0.2) is 0 Å². The molecular weight excluding hydrogens is 366 g/mol. The van der Waals surface area contributed by atoms with Gasteiger partial charge < -0.3 is 10.1 Å². The van der Waals surface area contributed by atoms with Crippen LogP contribution in [-0.4, -0.2) is 25.1 Å². The number of halogens is 1. The topological polar surface area (TPSA) is 79.8 Å². The molecule has 0 radical (unpaired) electrons. The molecule has 0 heterocycles. The largest absolute Gasteiger partial charge is 0.495 e. The molecule has 0 aliphatic heterocycles. The number of carbonyl (C=O) groups excluding carboxylic acids is 2. The van der Waals surface area contributed by atoms with Crippen LogP contribution in [0.4, 0.5) is 5.69 Å². The minimum Gasteiger partial charge on any atom is -0.495 e. The van der Waals surface area contributed by atoms with Gasteiger partial charge in [0.2, 0.25) is 0 Å². The van der Waals surface area contributed by atoms with Crippen LogP contribution >= 0.6 is 11.6 Å². The fourth-order valence-corrected chi connectivity index (χ4v) is 2.41. The number of methoxy groups -OCH3 is 1. The number of anilines is 1. The van der Waals surface area contributed by atoms with E-state index < -0.39 is 11.8 Å². The van der Waals surface area contributed by atoms with Crippen molar-refractivity contribution in [3.05, 3.63) is 58.6 Å². The van der Waals surface area contributed by atoms with Crippen LogP contribution in [0.15, 0.2) is 47.6 Å². The summed E-state index contributed by atoms with van der Waals surface area (Å²) in [4.78, 5) is 23.9. The third-order valence-electron chi connectivity index (χ3n) is 3.77. The fourth-order valence-electron chi connectivity index (χ4n) is 2.24. The van der Waals surface area contributed by atoms with Gasteiger partial charge in [0.05, 0.1) is 19.0 Å². The van der Waals surface area contributed by atoms with E-state index in [2.05, 4.69) is 36.6 Å². The molecule has 2 rings (SSSR count). The number of benzene rings is 2. The molecule has 0 aliphatic rings. The Morgan fingerprint density at radius 1 is 1.07 bits per heavy atom. The summed E-state index contributed by atoms with van der Waals surface area (Å²) in [6.45, 7) is 6.39. The Hall–Kier alpha value is -2.86. The minimum atomic E-state index is -0.903. The Morgan fingerprint density at radius 2 is 1.74 bits per heavy atom. The van der Waals surface area contributed by atoms with E-state index >= 15 is 0 Å². The predicted octanol–water partition coefficient (Wildman–Crippen LogP) is 3.73. The van der Waals surface area contributed by atoms with Crippen molar-refractivity contribution in [2.24, 2.45) is 5.10 Å². The van der Waals surface area contributed by atoms with Gasteiger partial charge in [-0.05, 0) is 34.7 Å². The summed E-state index contributed by atoms with van der Waals surface area (Å²) in [7, 11) is 1.45. The SMILES string of the molecule is COc1ccc(Cl)cc1NC(=O)C(=O)N/N=C\c1ccc(C(C)(C)C)cc1. The van der Waals surface area contributed by atoms with Crippen molar-refractivity contribution in [1.82, 2.24) is 5.43 Å². The monoisotopic (exact) mass is 387 g/mol. The van der Waals surface area contributed by atoms with E-state index in [0.717, 1.165) is 5.56 Å². The van der Waals surface area contributed by atoms with Crippen LogP contribution in [0.2, 0.25) is 5.02 Å². The van der Waals surface area contributed by atoms with Crippen molar-refractivity contribution in [2.75, 3.05) is 12.4 Å². The van der Waals surface area contributed by atoms with E-state index in [1.165, 1.54) is 25.0 Å². The molecule has 0 unspecified atom stereocenters. The molecule has 6 nitrogen and oxygen atoms in total. The summed E-state index contributed by atoms with van der Waals surface area (Å²) >= 11 is 5.90. The molecule has 0 fully saturated rings. The molecule has 0 spiro atoms. The lowest BCUT2D eigenvalue weighted by Gasteiger charge is -2.18. The molecule has 0 saturated carbocycles. The van der Waals surface area contributed by atoms with E-state index in [4.69, 9.17) is 16.3 Å². The smallest absolute Gasteiger partial charge is 0.329 e. The first-order valence-corrected chi connectivity index (χ1v) is 8.67. The first-order valence-electron chi connectivity index (χ1n) is 8.29.